The Hall–Kier alpha value is -3.41. The molecule has 0 atom stereocenters. The monoisotopic (exact) mass is 454 g/mol. The highest BCUT2D eigenvalue weighted by Crippen LogP contribution is 2.22. The second-order valence-corrected chi connectivity index (χ2v) is 8.25. The summed E-state index contributed by atoms with van der Waals surface area (Å²) in [5.74, 6) is -5.83. The molecule has 0 aliphatic carbocycles. The van der Waals surface area contributed by atoms with E-state index in [1.807, 2.05) is 0 Å². The summed E-state index contributed by atoms with van der Waals surface area (Å²) in [7, 11) is -2.36. The molecule has 12 heteroatoms. The lowest BCUT2D eigenvalue weighted by Crippen LogP contribution is -2.35. The Morgan fingerprint density at radius 2 is 1.81 bits per heavy atom. The Morgan fingerprint density at radius 3 is 2.55 bits per heavy atom. The average Bonchev–Trinajstić information content (AvgIpc) is 2.99. The molecule has 1 aliphatic rings. The van der Waals surface area contributed by atoms with Crippen molar-refractivity contribution in [2.75, 3.05) is 25.5 Å². The molecular weight excluding hydrogens is 437 g/mol. The lowest BCUT2D eigenvalue weighted by atomic mass is 10.2. The zero-order chi connectivity index (χ0) is 22.8. The van der Waals surface area contributed by atoms with Gasteiger partial charge in [0.25, 0.3) is 10.0 Å². The second kappa shape index (κ2) is 8.76. The molecular formula is C19H17F3N4O4S. The van der Waals surface area contributed by atoms with E-state index in [-0.39, 0.29) is 23.7 Å². The molecule has 3 rings (SSSR count). The molecule has 164 valence electrons. The van der Waals surface area contributed by atoms with Crippen molar-refractivity contribution in [2.24, 2.45) is 4.99 Å². The Kier molecular flexibility index (Phi) is 6.29. The highest BCUT2D eigenvalue weighted by atomic mass is 32.2. The number of hydrogen-bond donors (Lipinski definition) is 2. The van der Waals surface area contributed by atoms with Crippen molar-refractivity contribution in [1.29, 1.82) is 0 Å². The molecule has 0 bridgehead atoms. The summed E-state index contributed by atoms with van der Waals surface area (Å²) in [5, 5.41) is 2.07. The predicted molar refractivity (Wildman–Crippen MR) is 105 cm³/mol. The van der Waals surface area contributed by atoms with E-state index in [1.54, 1.807) is 18.2 Å². The number of amidine groups is 1. The van der Waals surface area contributed by atoms with E-state index in [1.165, 1.54) is 13.1 Å². The molecule has 1 aliphatic heterocycles. The molecule has 31 heavy (non-hydrogen) atoms. The molecule has 8 nitrogen and oxygen atoms in total. The summed E-state index contributed by atoms with van der Waals surface area (Å²) in [6.45, 7) is -0.516. The van der Waals surface area contributed by atoms with E-state index in [0.29, 0.717) is 11.6 Å². The largest absolute Gasteiger partial charge is 0.336 e. The minimum absolute atomic E-state index is 0.0468. The van der Waals surface area contributed by atoms with Gasteiger partial charge in [-0.3, -0.25) is 19.3 Å². The van der Waals surface area contributed by atoms with Gasteiger partial charge in [0.15, 0.2) is 17.5 Å². The molecule has 0 saturated carbocycles. The second-order valence-electron chi connectivity index (χ2n) is 6.60. The fourth-order valence-electron chi connectivity index (χ4n) is 2.82. The van der Waals surface area contributed by atoms with Gasteiger partial charge in [0.2, 0.25) is 11.8 Å². The first-order chi connectivity index (χ1) is 14.6. The Balaban J connectivity index is 1.55. The van der Waals surface area contributed by atoms with Gasteiger partial charge in [-0.05, 0) is 24.3 Å². The van der Waals surface area contributed by atoms with Crippen LogP contribution in [0.1, 0.15) is 12.0 Å². The van der Waals surface area contributed by atoms with Crippen LogP contribution >= 0.6 is 0 Å². The first-order valence-electron chi connectivity index (χ1n) is 8.94. The third-order valence-electron chi connectivity index (χ3n) is 4.37. The summed E-state index contributed by atoms with van der Waals surface area (Å²) in [6, 6.07) is 7.79. The van der Waals surface area contributed by atoms with Crippen LogP contribution in [0.15, 0.2) is 46.3 Å². The molecule has 0 spiro atoms. The normalized spacial score (nSPS) is 15.3. The fourth-order valence-corrected chi connectivity index (χ4v) is 4.07. The number of fused-ring (bicyclic) bond motifs is 1. The Bertz CT molecular complexity index is 1180. The fraction of sp³-hybridized carbons (Fsp3) is 0.211. The predicted octanol–water partition coefficient (Wildman–Crippen LogP) is 1.63. The quantitative estimate of drug-likeness (QED) is 0.647. The lowest BCUT2D eigenvalue weighted by molar-refractivity contribution is -0.133. The Labute approximate surface area is 175 Å². The summed E-state index contributed by atoms with van der Waals surface area (Å²) in [5.41, 5.74) is -0.153. The standard InChI is InChI=1S/C19H17F3N4O4S/c1-26(10-15(27)24-13-7-6-12(20)17(21)18(13)22)16(28)8-9-23-19-11-4-2-3-5-14(11)31(29,30)25-19/h2-7H,8-10H2,1H3,(H,23,25)(H,24,27). The number of anilines is 1. The minimum atomic E-state index is -3.69. The van der Waals surface area contributed by atoms with Gasteiger partial charge in [-0.1, -0.05) is 12.1 Å². The van der Waals surface area contributed by atoms with Gasteiger partial charge < -0.3 is 10.2 Å². The summed E-state index contributed by atoms with van der Waals surface area (Å²) < 4.78 is 66.1. The number of carbonyl (C=O) groups is 2. The SMILES string of the molecule is CN(CC(=O)Nc1ccc(F)c(F)c1F)C(=O)CCN=C1NS(=O)(=O)c2ccccc21. The van der Waals surface area contributed by atoms with Gasteiger partial charge >= 0.3 is 0 Å². The van der Waals surface area contributed by atoms with Crippen molar-refractivity contribution < 1.29 is 31.2 Å². The van der Waals surface area contributed by atoms with Crippen molar-refractivity contribution in [1.82, 2.24) is 9.62 Å². The number of halogens is 3. The van der Waals surface area contributed by atoms with Gasteiger partial charge in [-0.15, -0.1) is 0 Å². The number of hydrogen-bond acceptors (Lipinski definition) is 5. The Morgan fingerprint density at radius 1 is 1.10 bits per heavy atom. The maximum absolute atomic E-state index is 13.6. The number of carbonyl (C=O) groups excluding carboxylic acids is 2. The van der Waals surface area contributed by atoms with E-state index < -0.39 is 51.5 Å². The molecule has 0 unspecified atom stereocenters. The van der Waals surface area contributed by atoms with E-state index in [0.717, 1.165) is 11.0 Å². The number of rotatable bonds is 6. The molecule has 0 aromatic heterocycles. The van der Waals surface area contributed by atoms with Crippen LogP contribution in [0.3, 0.4) is 0 Å². The molecule has 2 aromatic carbocycles. The van der Waals surface area contributed by atoms with Crippen LogP contribution < -0.4 is 10.0 Å². The van der Waals surface area contributed by atoms with Crippen molar-refractivity contribution >= 4 is 33.4 Å². The maximum Gasteiger partial charge on any atom is 0.263 e. The average molecular weight is 454 g/mol. The first-order valence-corrected chi connectivity index (χ1v) is 10.4. The highest BCUT2D eigenvalue weighted by Gasteiger charge is 2.30. The summed E-state index contributed by atoms with van der Waals surface area (Å²) in [4.78, 5) is 29.4. The van der Waals surface area contributed by atoms with Crippen LogP contribution in [0, 0.1) is 17.5 Å². The van der Waals surface area contributed by atoms with E-state index >= 15 is 0 Å². The number of amides is 2. The van der Waals surface area contributed by atoms with Crippen LogP contribution in [-0.2, 0) is 19.6 Å². The summed E-state index contributed by atoms with van der Waals surface area (Å²) in [6.07, 6.45) is -0.128. The third-order valence-corrected chi connectivity index (χ3v) is 5.77. The number of sulfonamides is 1. The van der Waals surface area contributed by atoms with Crippen molar-refractivity contribution in [3.63, 3.8) is 0 Å². The van der Waals surface area contributed by atoms with Crippen LogP contribution in [0.25, 0.3) is 0 Å². The van der Waals surface area contributed by atoms with Crippen LogP contribution in [0.4, 0.5) is 18.9 Å². The van der Waals surface area contributed by atoms with Crippen molar-refractivity contribution in [3.05, 3.63) is 59.4 Å². The number of nitrogens with zero attached hydrogens (tertiary/aromatic N) is 2. The number of benzene rings is 2. The zero-order valence-electron chi connectivity index (χ0n) is 16.2. The molecule has 0 fully saturated rings. The molecule has 1 heterocycles. The first kappa shape index (κ1) is 22.3. The number of likely N-dealkylation sites (N-methyl/N-ethyl adjacent to an activating group) is 1. The van der Waals surface area contributed by atoms with Crippen molar-refractivity contribution in [3.8, 4) is 0 Å². The molecule has 2 N–H and O–H groups in total. The zero-order valence-corrected chi connectivity index (χ0v) is 17.0. The topological polar surface area (TPSA) is 108 Å². The molecule has 2 aromatic rings. The van der Waals surface area contributed by atoms with Crippen LogP contribution in [0.2, 0.25) is 0 Å². The van der Waals surface area contributed by atoms with Gasteiger partial charge in [0.05, 0.1) is 23.7 Å². The van der Waals surface area contributed by atoms with E-state index in [2.05, 4.69) is 15.0 Å². The number of nitrogens with one attached hydrogen (secondary N) is 2. The summed E-state index contributed by atoms with van der Waals surface area (Å²) >= 11 is 0. The van der Waals surface area contributed by atoms with Gasteiger partial charge in [0, 0.05) is 19.0 Å². The number of aliphatic imine (C=N–C) groups is 1. The van der Waals surface area contributed by atoms with Crippen molar-refractivity contribution in [2.45, 2.75) is 11.3 Å². The molecule has 2 amide bonds. The smallest absolute Gasteiger partial charge is 0.263 e. The van der Waals surface area contributed by atoms with Crippen LogP contribution in [0.5, 0.6) is 0 Å². The van der Waals surface area contributed by atoms with Gasteiger partial charge in [0.1, 0.15) is 5.84 Å². The van der Waals surface area contributed by atoms with Crippen LogP contribution in [-0.4, -0.2) is 51.1 Å². The lowest BCUT2D eigenvalue weighted by Gasteiger charge is -2.16. The molecule has 0 radical (unpaired) electrons. The van der Waals surface area contributed by atoms with Gasteiger partial charge in [-0.2, -0.15) is 0 Å². The van der Waals surface area contributed by atoms with E-state index in [9.17, 15) is 31.2 Å². The minimum Gasteiger partial charge on any atom is -0.336 e. The maximum atomic E-state index is 13.6. The van der Waals surface area contributed by atoms with E-state index in [4.69, 9.17) is 0 Å². The van der Waals surface area contributed by atoms with Gasteiger partial charge in [-0.25, -0.2) is 21.6 Å². The molecule has 0 saturated heterocycles. The highest BCUT2D eigenvalue weighted by molar-refractivity contribution is 7.90. The third kappa shape index (κ3) is 4.85.